The van der Waals surface area contributed by atoms with Crippen LogP contribution in [0.3, 0.4) is 0 Å². The van der Waals surface area contributed by atoms with E-state index >= 15 is 0 Å². The zero-order valence-corrected chi connectivity index (χ0v) is 10.7. The molecule has 18 heavy (non-hydrogen) atoms. The van der Waals surface area contributed by atoms with E-state index in [9.17, 15) is 5.11 Å². The van der Waals surface area contributed by atoms with Gasteiger partial charge in [-0.3, -0.25) is 0 Å². The maximum Gasteiger partial charge on any atom is 0.0818 e. The molecule has 0 heterocycles. The number of rotatable bonds is 2. The largest absolute Gasteiger partial charge is 0.388 e. The van der Waals surface area contributed by atoms with Crippen molar-refractivity contribution in [1.29, 1.82) is 0 Å². The van der Waals surface area contributed by atoms with Crippen molar-refractivity contribution >= 4 is 10.8 Å². The predicted molar refractivity (Wildman–Crippen MR) is 75.5 cm³/mol. The fraction of sp³-hybridized carbons (Fsp3) is 0.412. The molecule has 0 unspecified atom stereocenters. The first-order chi connectivity index (χ1) is 8.84. The number of benzene rings is 2. The van der Waals surface area contributed by atoms with Gasteiger partial charge in [0.05, 0.1) is 6.10 Å². The maximum absolute atomic E-state index is 10.5. The molecule has 1 N–H and O–H groups in total. The minimum absolute atomic E-state index is 0.282. The normalized spacial score (nSPS) is 18.9. The van der Waals surface area contributed by atoms with Gasteiger partial charge in [-0.15, -0.1) is 0 Å². The summed E-state index contributed by atoms with van der Waals surface area (Å²) < 4.78 is 0. The molecule has 1 nitrogen and oxygen atoms in total. The molecule has 2 aromatic rings. The quantitative estimate of drug-likeness (QED) is 0.822. The van der Waals surface area contributed by atoms with Gasteiger partial charge >= 0.3 is 0 Å². The van der Waals surface area contributed by atoms with Crippen LogP contribution in [0.2, 0.25) is 0 Å². The third-order valence-electron chi connectivity index (χ3n) is 4.21. The van der Waals surface area contributed by atoms with Crippen LogP contribution >= 0.6 is 0 Å². The second kappa shape index (κ2) is 5.11. The fourth-order valence-electron chi connectivity index (χ4n) is 3.11. The standard InChI is InChI=1S/C17H20O/c18-17(14-7-2-1-3-8-14)16-11-10-13-6-4-5-9-15(13)12-16/h4-6,9-12,14,17-18H,1-3,7-8H2/t17-/m1/s1. The van der Waals surface area contributed by atoms with Gasteiger partial charge in [0.2, 0.25) is 0 Å². The van der Waals surface area contributed by atoms with Gasteiger partial charge in [0.15, 0.2) is 0 Å². The van der Waals surface area contributed by atoms with E-state index in [-0.39, 0.29) is 6.10 Å². The highest BCUT2D eigenvalue weighted by molar-refractivity contribution is 5.83. The molecule has 1 aliphatic carbocycles. The van der Waals surface area contributed by atoms with Crippen LogP contribution in [0.25, 0.3) is 10.8 Å². The Balaban J connectivity index is 1.88. The summed E-state index contributed by atoms with van der Waals surface area (Å²) in [7, 11) is 0. The van der Waals surface area contributed by atoms with Crippen molar-refractivity contribution in [2.45, 2.75) is 38.2 Å². The summed E-state index contributed by atoms with van der Waals surface area (Å²) in [6, 6.07) is 14.7. The van der Waals surface area contributed by atoms with Crippen molar-refractivity contribution in [3.8, 4) is 0 Å². The van der Waals surface area contributed by atoms with Crippen LogP contribution in [0.15, 0.2) is 42.5 Å². The van der Waals surface area contributed by atoms with Crippen molar-refractivity contribution in [2.24, 2.45) is 5.92 Å². The Labute approximate surface area is 108 Å². The van der Waals surface area contributed by atoms with E-state index in [0.717, 1.165) is 5.56 Å². The molecule has 1 aliphatic rings. The Hall–Kier alpha value is -1.34. The van der Waals surface area contributed by atoms with Gasteiger partial charge in [0, 0.05) is 0 Å². The van der Waals surface area contributed by atoms with Crippen LogP contribution in [0, 0.1) is 5.92 Å². The molecule has 0 saturated heterocycles. The van der Waals surface area contributed by atoms with E-state index in [1.54, 1.807) is 0 Å². The Bertz CT molecular complexity index is 526. The molecule has 2 aromatic carbocycles. The predicted octanol–water partition coefficient (Wildman–Crippen LogP) is 4.45. The second-order valence-corrected chi connectivity index (χ2v) is 5.45. The van der Waals surface area contributed by atoms with Crippen molar-refractivity contribution in [3.05, 3.63) is 48.0 Å². The smallest absolute Gasteiger partial charge is 0.0818 e. The summed E-state index contributed by atoms with van der Waals surface area (Å²) in [5, 5.41) is 13.0. The number of aliphatic hydroxyl groups is 1. The molecule has 94 valence electrons. The van der Waals surface area contributed by atoms with Gasteiger partial charge in [-0.2, -0.15) is 0 Å². The van der Waals surface area contributed by atoms with E-state index in [4.69, 9.17) is 0 Å². The van der Waals surface area contributed by atoms with Gasteiger partial charge in [0.1, 0.15) is 0 Å². The van der Waals surface area contributed by atoms with Gasteiger partial charge < -0.3 is 5.11 Å². The molecule has 0 aromatic heterocycles. The molecule has 1 saturated carbocycles. The highest BCUT2D eigenvalue weighted by atomic mass is 16.3. The third-order valence-corrected chi connectivity index (χ3v) is 4.21. The Morgan fingerprint density at radius 3 is 2.39 bits per heavy atom. The SMILES string of the molecule is O[C@@H](c1ccc2ccccc2c1)C1CCCCC1. The Kier molecular flexibility index (Phi) is 3.33. The van der Waals surface area contributed by atoms with Crippen LogP contribution in [0.1, 0.15) is 43.8 Å². The number of aliphatic hydroxyl groups excluding tert-OH is 1. The van der Waals surface area contributed by atoms with Crippen molar-refractivity contribution in [1.82, 2.24) is 0 Å². The van der Waals surface area contributed by atoms with Crippen LogP contribution in [0.5, 0.6) is 0 Å². The summed E-state index contributed by atoms with van der Waals surface area (Å²) in [5.74, 6) is 0.458. The molecule has 1 heteroatoms. The molecule has 0 radical (unpaired) electrons. The lowest BCUT2D eigenvalue weighted by molar-refractivity contribution is 0.0849. The second-order valence-electron chi connectivity index (χ2n) is 5.45. The maximum atomic E-state index is 10.5. The average molecular weight is 240 g/mol. The summed E-state index contributed by atoms with van der Waals surface area (Å²) in [6.07, 6.45) is 5.95. The van der Waals surface area contributed by atoms with E-state index < -0.39 is 0 Å². The average Bonchev–Trinajstić information content (AvgIpc) is 2.47. The van der Waals surface area contributed by atoms with Gasteiger partial charge in [-0.05, 0) is 41.2 Å². The summed E-state index contributed by atoms with van der Waals surface area (Å²) >= 11 is 0. The first kappa shape index (κ1) is 11.7. The van der Waals surface area contributed by atoms with Gasteiger partial charge in [0.25, 0.3) is 0 Å². The molecule has 0 bridgehead atoms. The fourth-order valence-corrected chi connectivity index (χ4v) is 3.11. The van der Waals surface area contributed by atoms with E-state index in [0.29, 0.717) is 5.92 Å². The van der Waals surface area contributed by atoms with Gasteiger partial charge in [-0.25, -0.2) is 0 Å². The molecular formula is C17H20O. The monoisotopic (exact) mass is 240 g/mol. The van der Waals surface area contributed by atoms with E-state index in [2.05, 4.69) is 42.5 Å². The van der Waals surface area contributed by atoms with Crippen LogP contribution in [0.4, 0.5) is 0 Å². The third kappa shape index (κ3) is 2.28. The number of hydrogen-bond acceptors (Lipinski definition) is 1. The minimum atomic E-state index is -0.282. The number of fused-ring (bicyclic) bond motifs is 1. The molecular weight excluding hydrogens is 220 g/mol. The number of hydrogen-bond donors (Lipinski definition) is 1. The lowest BCUT2D eigenvalue weighted by atomic mass is 9.82. The molecule has 1 fully saturated rings. The zero-order chi connectivity index (χ0) is 12.4. The molecule has 0 aliphatic heterocycles. The van der Waals surface area contributed by atoms with Gasteiger partial charge in [-0.1, -0.05) is 55.7 Å². The Morgan fingerprint density at radius 1 is 0.889 bits per heavy atom. The van der Waals surface area contributed by atoms with Crippen molar-refractivity contribution < 1.29 is 5.11 Å². The summed E-state index contributed by atoms with van der Waals surface area (Å²) in [5.41, 5.74) is 1.08. The van der Waals surface area contributed by atoms with Crippen LogP contribution in [-0.4, -0.2) is 5.11 Å². The summed E-state index contributed by atoms with van der Waals surface area (Å²) in [6.45, 7) is 0. The summed E-state index contributed by atoms with van der Waals surface area (Å²) in [4.78, 5) is 0. The van der Waals surface area contributed by atoms with Crippen LogP contribution in [-0.2, 0) is 0 Å². The lowest BCUT2D eigenvalue weighted by Gasteiger charge is -2.27. The molecule has 1 atom stereocenters. The van der Waals surface area contributed by atoms with E-state index in [1.165, 1.54) is 42.9 Å². The Morgan fingerprint density at radius 2 is 1.61 bits per heavy atom. The highest BCUT2D eigenvalue weighted by Crippen LogP contribution is 2.35. The first-order valence-electron chi connectivity index (χ1n) is 7.01. The lowest BCUT2D eigenvalue weighted by Crippen LogP contribution is -2.15. The topological polar surface area (TPSA) is 20.2 Å². The zero-order valence-electron chi connectivity index (χ0n) is 10.7. The van der Waals surface area contributed by atoms with Crippen molar-refractivity contribution in [3.63, 3.8) is 0 Å². The first-order valence-corrected chi connectivity index (χ1v) is 7.01. The van der Waals surface area contributed by atoms with Crippen LogP contribution < -0.4 is 0 Å². The highest BCUT2D eigenvalue weighted by Gasteiger charge is 2.22. The van der Waals surface area contributed by atoms with Crippen molar-refractivity contribution in [2.75, 3.05) is 0 Å². The molecule has 0 amide bonds. The minimum Gasteiger partial charge on any atom is -0.388 e. The molecule has 0 spiro atoms. The molecule has 3 rings (SSSR count). The van der Waals surface area contributed by atoms with E-state index in [1.807, 2.05) is 0 Å².